The summed E-state index contributed by atoms with van der Waals surface area (Å²) in [5.41, 5.74) is 5.34. The molecule has 0 spiro atoms. The van der Waals surface area contributed by atoms with Crippen LogP contribution < -0.4 is 0 Å². The molecule has 4 nitrogen and oxygen atoms in total. The lowest BCUT2D eigenvalue weighted by atomic mass is 9.70. The van der Waals surface area contributed by atoms with E-state index in [1.165, 1.54) is 28.7 Å². The second-order valence-electron chi connectivity index (χ2n) is 10.9. The zero-order valence-corrected chi connectivity index (χ0v) is 22.3. The van der Waals surface area contributed by atoms with E-state index in [2.05, 4.69) is 58.5 Å². The first-order valence-corrected chi connectivity index (χ1v) is 13.0. The van der Waals surface area contributed by atoms with Gasteiger partial charge in [0.1, 0.15) is 6.79 Å². The Morgan fingerprint density at radius 3 is 2.38 bits per heavy atom. The van der Waals surface area contributed by atoms with Gasteiger partial charge < -0.3 is 18.9 Å². The van der Waals surface area contributed by atoms with E-state index in [1.54, 1.807) is 7.11 Å². The van der Waals surface area contributed by atoms with E-state index in [4.69, 9.17) is 18.9 Å². The maximum atomic E-state index is 6.34. The third-order valence-electron chi connectivity index (χ3n) is 8.28. The summed E-state index contributed by atoms with van der Waals surface area (Å²) in [5, 5.41) is 0. The topological polar surface area (TPSA) is 36.9 Å². The average Bonchev–Trinajstić information content (AvgIpc) is 3.37. The minimum atomic E-state index is -0.0770. The van der Waals surface area contributed by atoms with Crippen molar-refractivity contribution in [1.82, 2.24) is 0 Å². The van der Waals surface area contributed by atoms with Gasteiger partial charge in [0.15, 0.2) is 0 Å². The molecule has 0 heterocycles. The minimum absolute atomic E-state index is 0.0403. The molecule has 0 aliphatic heterocycles. The summed E-state index contributed by atoms with van der Waals surface area (Å²) in [7, 11) is 3.55. The molecule has 0 N–H and O–H groups in total. The Morgan fingerprint density at radius 2 is 1.74 bits per heavy atom. The Hall–Kier alpha value is -1.46. The van der Waals surface area contributed by atoms with Crippen molar-refractivity contribution in [2.75, 3.05) is 34.2 Å². The third kappa shape index (κ3) is 6.02. The number of ether oxygens (including phenoxy) is 4. The smallest absolute Gasteiger partial charge is 0.146 e. The lowest BCUT2D eigenvalue weighted by molar-refractivity contribution is -0.0226. The van der Waals surface area contributed by atoms with Crippen LogP contribution in [0.15, 0.2) is 53.6 Å². The van der Waals surface area contributed by atoms with Gasteiger partial charge in [-0.1, -0.05) is 70.2 Å². The standard InChI is InChI=1S/C30H46O4/c1-21(2)26-14-13-25(19-34-20-31-6)28(26)29(32-7)30(5)16-15-27(23(30)4)22(3)17-33-18-24-11-9-8-10-12-24/h8-12,21-22,26-27,29H,4,13-20H2,1-3,5-7H3/t22-,26-,27-,29-,30+/m0/s1. The maximum absolute atomic E-state index is 6.34. The first kappa shape index (κ1) is 27.1. The summed E-state index contributed by atoms with van der Waals surface area (Å²) in [5.74, 6) is 1.98. The van der Waals surface area contributed by atoms with E-state index < -0.39 is 0 Å². The highest BCUT2D eigenvalue weighted by Crippen LogP contribution is 2.55. The molecule has 0 saturated heterocycles. The van der Waals surface area contributed by atoms with Crippen LogP contribution >= 0.6 is 0 Å². The molecule has 0 amide bonds. The van der Waals surface area contributed by atoms with Crippen molar-refractivity contribution in [3.05, 3.63) is 59.2 Å². The van der Waals surface area contributed by atoms with E-state index in [9.17, 15) is 0 Å². The van der Waals surface area contributed by atoms with Gasteiger partial charge in [0, 0.05) is 19.6 Å². The zero-order chi connectivity index (χ0) is 24.7. The molecule has 34 heavy (non-hydrogen) atoms. The average molecular weight is 471 g/mol. The van der Waals surface area contributed by atoms with E-state index in [0.717, 1.165) is 25.9 Å². The molecule has 1 aromatic carbocycles. The number of methoxy groups -OCH3 is 2. The summed E-state index contributed by atoms with van der Waals surface area (Å²) in [6.45, 7) is 16.4. The Bertz CT molecular complexity index is 814. The van der Waals surface area contributed by atoms with Crippen LogP contribution in [0.25, 0.3) is 0 Å². The zero-order valence-electron chi connectivity index (χ0n) is 22.3. The van der Waals surface area contributed by atoms with Gasteiger partial charge in [-0.15, -0.1) is 0 Å². The molecular weight excluding hydrogens is 424 g/mol. The molecule has 2 aliphatic carbocycles. The third-order valence-corrected chi connectivity index (χ3v) is 8.28. The molecule has 5 atom stereocenters. The quantitative estimate of drug-likeness (QED) is 0.180. The van der Waals surface area contributed by atoms with Crippen LogP contribution in [0.4, 0.5) is 0 Å². The van der Waals surface area contributed by atoms with Gasteiger partial charge >= 0.3 is 0 Å². The molecule has 190 valence electrons. The van der Waals surface area contributed by atoms with Gasteiger partial charge in [-0.25, -0.2) is 0 Å². The second kappa shape index (κ2) is 12.5. The highest BCUT2D eigenvalue weighted by Gasteiger charge is 2.50. The van der Waals surface area contributed by atoms with Crippen LogP contribution in [0.1, 0.15) is 58.9 Å². The summed E-state index contributed by atoms with van der Waals surface area (Å²) in [4.78, 5) is 0. The summed E-state index contributed by atoms with van der Waals surface area (Å²) < 4.78 is 23.4. The number of benzene rings is 1. The fraction of sp³-hybridized carbons (Fsp3) is 0.667. The Balaban J connectivity index is 1.73. The molecule has 0 unspecified atom stereocenters. The van der Waals surface area contributed by atoms with Crippen molar-refractivity contribution in [2.24, 2.45) is 29.1 Å². The van der Waals surface area contributed by atoms with Gasteiger partial charge in [0.05, 0.1) is 25.9 Å². The number of hydrogen-bond acceptors (Lipinski definition) is 4. The molecule has 0 aromatic heterocycles. The number of rotatable bonds is 13. The molecule has 3 rings (SSSR count). The van der Waals surface area contributed by atoms with Crippen LogP contribution in [0.5, 0.6) is 0 Å². The predicted octanol–water partition coefficient (Wildman–Crippen LogP) is 6.81. The maximum Gasteiger partial charge on any atom is 0.146 e. The van der Waals surface area contributed by atoms with Crippen molar-refractivity contribution in [3.63, 3.8) is 0 Å². The van der Waals surface area contributed by atoms with E-state index >= 15 is 0 Å². The molecule has 0 bridgehead atoms. The van der Waals surface area contributed by atoms with Crippen molar-refractivity contribution in [3.8, 4) is 0 Å². The van der Waals surface area contributed by atoms with E-state index in [1.807, 2.05) is 13.2 Å². The van der Waals surface area contributed by atoms with Crippen LogP contribution in [-0.4, -0.2) is 40.3 Å². The molecule has 1 saturated carbocycles. The normalized spacial score (nSPS) is 27.1. The SMILES string of the molecule is C=C1[C@H]([C@@H](C)COCc2ccccc2)CC[C@@]1(C)[C@@H](OC)C1=C(COCOC)CC[C@H]1C(C)C. The Kier molecular flexibility index (Phi) is 9.96. The summed E-state index contributed by atoms with van der Waals surface area (Å²) >= 11 is 0. The highest BCUT2D eigenvalue weighted by molar-refractivity contribution is 5.35. The Morgan fingerprint density at radius 1 is 1.00 bits per heavy atom. The summed E-state index contributed by atoms with van der Waals surface area (Å²) in [6.07, 6.45) is 4.53. The largest absolute Gasteiger partial charge is 0.376 e. The second-order valence-corrected chi connectivity index (χ2v) is 10.9. The van der Waals surface area contributed by atoms with Crippen molar-refractivity contribution in [1.29, 1.82) is 0 Å². The first-order chi connectivity index (χ1) is 16.3. The molecule has 4 heteroatoms. The molecule has 2 aliphatic rings. The molecule has 0 radical (unpaired) electrons. The Labute approximate surface area is 207 Å². The van der Waals surface area contributed by atoms with E-state index in [-0.39, 0.29) is 11.5 Å². The molecular formula is C30H46O4. The molecule has 1 aromatic rings. The predicted molar refractivity (Wildman–Crippen MR) is 138 cm³/mol. The first-order valence-electron chi connectivity index (χ1n) is 13.0. The van der Waals surface area contributed by atoms with Gasteiger partial charge in [0.25, 0.3) is 0 Å². The number of hydrogen-bond donors (Lipinski definition) is 0. The minimum Gasteiger partial charge on any atom is -0.376 e. The van der Waals surface area contributed by atoms with Crippen LogP contribution in [0, 0.1) is 29.1 Å². The van der Waals surface area contributed by atoms with Crippen molar-refractivity contribution < 1.29 is 18.9 Å². The van der Waals surface area contributed by atoms with Crippen molar-refractivity contribution >= 4 is 0 Å². The van der Waals surface area contributed by atoms with Crippen LogP contribution in [-0.2, 0) is 25.6 Å². The van der Waals surface area contributed by atoms with Gasteiger partial charge in [0.2, 0.25) is 0 Å². The van der Waals surface area contributed by atoms with Gasteiger partial charge in [-0.05, 0) is 66.1 Å². The highest BCUT2D eigenvalue weighted by atomic mass is 16.7. The van der Waals surface area contributed by atoms with Crippen LogP contribution in [0.3, 0.4) is 0 Å². The fourth-order valence-electron chi connectivity index (χ4n) is 6.29. The lowest BCUT2D eigenvalue weighted by Crippen LogP contribution is -2.38. The van der Waals surface area contributed by atoms with Crippen LogP contribution in [0.2, 0.25) is 0 Å². The summed E-state index contributed by atoms with van der Waals surface area (Å²) in [6, 6.07) is 10.4. The fourth-order valence-corrected chi connectivity index (χ4v) is 6.29. The van der Waals surface area contributed by atoms with Gasteiger partial charge in [-0.3, -0.25) is 0 Å². The monoisotopic (exact) mass is 470 g/mol. The molecule has 1 fully saturated rings. The lowest BCUT2D eigenvalue weighted by Gasteiger charge is -2.40. The van der Waals surface area contributed by atoms with Gasteiger partial charge in [-0.2, -0.15) is 0 Å². The van der Waals surface area contributed by atoms with E-state index in [0.29, 0.717) is 43.7 Å². The van der Waals surface area contributed by atoms with Crippen molar-refractivity contribution in [2.45, 2.75) is 66.1 Å².